The van der Waals surface area contributed by atoms with Crippen molar-refractivity contribution in [2.45, 2.75) is 19.3 Å². The third-order valence-corrected chi connectivity index (χ3v) is 7.44. The lowest BCUT2D eigenvalue weighted by Gasteiger charge is -2.17. The molecule has 12 heteroatoms. The third kappa shape index (κ3) is 3.48. The monoisotopic (exact) mass is 499 g/mol. The van der Waals surface area contributed by atoms with Crippen LogP contribution in [0.25, 0.3) is 32.2 Å². The number of hydrogen-bond donors (Lipinski definition) is 3. The average Bonchev–Trinajstić information content (AvgIpc) is 3.63. The minimum atomic E-state index is -0.583. The Labute approximate surface area is 208 Å². The van der Waals surface area contributed by atoms with E-state index in [1.54, 1.807) is 11.0 Å². The SMILES string of the molecule is N#Cc1c(N)nc2sc(/C([O-])=N/c3c[n+](N4CCCCC4)no3)c(N)c2c1-c1cccc2[nH]ccc12. The molecule has 1 aromatic carbocycles. The average molecular weight is 500 g/mol. The van der Waals surface area contributed by atoms with Gasteiger partial charge >= 0.3 is 5.88 Å². The molecule has 180 valence electrons. The molecule has 0 radical (unpaired) electrons. The summed E-state index contributed by atoms with van der Waals surface area (Å²) in [5, 5.41) is 30.5. The number of aliphatic imine (C=N–C) groups is 1. The van der Waals surface area contributed by atoms with Crippen LogP contribution in [0.15, 0.2) is 46.2 Å². The van der Waals surface area contributed by atoms with Crippen molar-refractivity contribution in [3.63, 3.8) is 0 Å². The number of piperidine rings is 1. The molecule has 0 saturated carbocycles. The first-order valence-corrected chi connectivity index (χ1v) is 12.2. The van der Waals surface area contributed by atoms with Crippen molar-refractivity contribution in [1.82, 2.24) is 15.2 Å². The highest BCUT2D eigenvalue weighted by molar-refractivity contribution is 7.21. The maximum absolute atomic E-state index is 13.2. The van der Waals surface area contributed by atoms with Gasteiger partial charge < -0.3 is 21.6 Å². The van der Waals surface area contributed by atoms with E-state index in [9.17, 15) is 10.4 Å². The maximum atomic E-state index is 13.2. The number of nitrogens with two attached hydrogens (primary N) is 2. The molecule has 5 heterocycles. The molecule has 5 N–H and O–H groups in total. The van der Waals surface area contributed by atoms with Crippen molar-refractivity contribution in [2.24, 2.45) is 4.99 Å². The number of nitriles is 1. The van der Waals surface area contributed by atoms with Crippen molar-refractivity contribution in [3.8, 4) is 17.2 Å². The van der Waals surface area contributed by atoms with Crippen LogP contribution >= 0.6 is 11.3 Å². The Morgan fingerprint density at radius 3 is 2.89 bits per heavy atom. The highest BCUT2D eigenvalue weighted by Gasteiger charge is 2.25. The largest absolute Gasteiger partial charge is 0.857 e. The van der Waals surface area contributed by atoms with Crippen molar-refractivity contribution in [1.29, 1.82) is 5.26 Å². The molecule has 0 spiro atoms. The number of pyridine rings is 1. The molecule has 6 rings (SSSR count). The smallest absolute Gasteiger partial charge is 0.324 e. The first kappa shape index (κ1) is 21.9. The number of nitrogens with one attached hydrogen (secondary N) is 1. The quantitative estimate of drug-likeness (QED) is 0.192. The van der Waals surface area contributed by atoms with Gasteiger partial charge in [0.1, 0.15) is 22.3 Å². The Morgan fingerprint density at radius 2 is 2.08 bits per heavy atom. The maximum Gasteiger partial charge on any atom is 0.324 e. The molecule has 1 aliphatic rings. The Bertz CT molecular complexity index is 1690. The van der Waals surface area contributed by atoms with Crippen LogP contribution in [0.3, 0.4) is 0 Å². The van der Waals surface area contributed by atoms with E-state index >= 15 is 0 Å². The van der Waals surface area contributed by atoms with Crippen LogP contribution in [0.5, 0.6) is 0 Å². The lowest BCUT2D eigenvalue weighted by atomic mass is 9.94. The second-order valence-corrected chi connectivity index (χ2v) is 9.52. The van der Waals surface area contributed by atoms with Gasteiger partial charge in [-0.3, -0.25) is 4.52 Å². The molecule has 4 aromatic heterocycles. The fourth-order valence-electron chi connectivity index (χ4n) is 4.66. The lowest BCUT2D eigenvalue weighted by Crippen LogP contribution is -2.60. The molecule has 0 bridgehead atoms. The van der Waals surface area contributed by atoms with Gasteiger partial charge in [-0.2, -0.15) is 10.3 Å². The van der Waals surface area contributed by atoms with Gasteiger partial charge in [-0.25, -0.2) is 9.98 Å². The van der Waals surface area contributed by atoms with Crippen molar-refractivity contribution < 1.29 is 14.4 Å². The number of H-pyrrole nitrogens is 1. The highest BCUT2D eigenvalue weighted by atomic mass is 32.1. The highest BCUT2D eigenvalue weighted by Crippen LogP contribution is 2.44. The van der Waals surface area contributed by atoms with E-state index in [1.165, 1.54) is 6.42 Å². The Morgan fingerprint density at radius 1 is 1.25 bits per heavy atom. The molecule has 5 aromatic rings. The molecular weight excluding hydrogens is 478 g/mol. The summed E-state index contributed by atoms with van der Waals surface area (Å²) in [6.45, 7) is 1.72. The van der Waals surface area contributed by atoms with Crippen LogP contribution in [0.1, 0.15) is 29.7 Å². The number of anilines is 2. The number of nitrogen functional groups attached to an aromatic ring is 2. The number of benzene rings is 1. The topological polar surface area (TPSA) is 173 Å². The van der Waals surface area contributed by atoms with Crippen LogP contribution in [0, 0.1) is 11.3 Å². The van der Waals surface area contributed by atoms with E-state index in [1.807, 2.05) is 35.5 Å². The first-order chi connectivity index (χ1) is 17.5. The van der Waals surface area contributed by atoms with E-state index < -0.39 is 5.90 Å². The lowest BCUT2D eigenvalue weighted by molar-refractivity contribution is -0.759. The summed E-state index contributed by atoms with van der Waals surface area (Å²) in [5.74, 6) is -0.437. The summed E-state index contributed by atoms with van der Waals surface area (Å²) >= 11 is 1.08. The second-order valence-electron chi connectivity index (χ2n) is 8.52. The Kier molecular flexibility index (Phi) is 5.19. The number of aromatic amines is 1. The molecular formula is C24H21N9O2S. The van der Waals surface area contributed by atoms with Crippen molar-refractivity contribution in [3.05, 3.63) is 47.1 Å². The molecule has 11 nitrogen and oxygen atoms in total. The summed E-state index contributed by atoms with van der Waals surface area (Å²) < 4.78 is 5.28. The number of rotatable bonds is 4. The van der Waals surface area contributed by atoms with Crippen molar-refractivity contribution >= 4 is 55.7 Å². The van der Waals surface area contributed by atoms with E-state index in [-0.39, 0.29) is 27.8 Å². The predicted molar refractivity (Wildman–Crippen MR) is 135 cm³/mol. The molecule has 1 saturated heterocycles. The van der Waals surface area contributed by atoms with Gasteiger partial charge in [-0.1, -0.05) is 12.1 Å². The molecule has 0 amide bonds. The van der Waals surface area contributed by atoms with Crippen LogP contribution in [0.2, 0.25) is 0 Å². The molecule has 0 aliphatic carbocycles. The molecule has 1 aliphatic heterocycles. The van der Waals surface area contributed by atoms with E-state index in [0.717, 1.165) is 53.7 Å². The Balaban J connectivity index is 1.48. The zero-order valence-electron chi connectivity index (χ0n) is 19.1. The molecule has 36 heavy (non-hydrogen) atoms. The fraction of sp³-hybridized carbons (Fsp3) is 0.208. The van der Waals surface area contributed by atoms with Gasteiger partial charge in [0.2, 0.25) is 5.27 Å². The van der Waals surface area contributed by atoms with Gasteiger partial charge in [0.15, 0.2) is 0 Å². The van der Waals surface area contributed by atoms with E-state index in [0.29, 0.717) is 15.8 Å². The number of aromatic nitrogens is 4. The van der Waals surface area contributed by atoms with Crippen LogP contribution in [0.4, 0.5) is 17.4 Å². The normalized spacial score (nSPS) is 14.5. The number of nitrogens with zero attached hydrogens (tertiary/aromatic N) is 6. The summed E-state index contributed by atoms with van der Waals surface area (Å²) in [5.41, 5.74) is 15.3. The minimum absolute atomic E-state index is 0.0718. The summed E-state index contributed by atoms with van der Waals surface area (Å²) in [7, 11) is 0. The summed E-state index contributed by atoms with van der Waals surface area (Å²) in [6.07, 6.45) is 6.73. The van der Waals surface area contributed by atoms with E-state index in [4.69, 9.17) is 16.0 Å². The minimum Gasteiger partial charge on any atom is -0.857 e. The van der Waals surface area contributed by atoms with Gasteiger partial charge in [0, 0.05) is 33.9 Å². The van der Waals surface area contributed by atoms with Crippen LogP contribution < -0.4 is 26.4 Å². The first-order valence-electron chi connectivity index (χ1n) is 11.4. The van der Waals surface area contributed by atoms with E-state index in [2.05, 4.69) is 26.3 Å². The number of fused-ring (bicyclic) bond motifs is 2. The molecule has 0 atom stereocenters. The second kappa shape index (κ2) is 8.54. The third-order valence-electron chi connectivity index (χ3n) is 6.35. The van der Waals surface area contributed by atoms with Gasteiger partial charge in [0.05, 0.1) is 28.4 Å². The molecule has 1 fully saturated rings. The van der Waals surface area contributed by atoms with Gasteiger partial charge in [-0.05, 0) is 37.0 Å². The summed E-state index contributed by atoms with van der Waals surface area (Å²) in [4.78, 5) is 13.9. The van der Waals surface area contributed by atoms with Crippen LogP contribution in [-0.4, -0.2) is 34.2 Å². The number of thiophene rings is 1. The Hall–Kier alpha value is -4.63. The van der Waals surface area contributed by atoms with Gasteiger partial charge in [0.25, 0.3) is 6.20 Å². The predicted octanol–water partition coefficient (Wildman–Crippen LogP) is 2.32. The fourth-order valence-corrected chi connectivity index (χ4v) is 5.66. The number of hydrogen-bond acceptors (Lipinski definition) is 10. The van der Waals surface area contributed by atoms with Crippen LogP contribution in [-0.2, 0) is 0 Å². The standard InChI is InChI=1S/C24H21N9O2S/c25-11-15-18(14-5-4-6-16-13(14)7-8-28-16)19-20(26)21(36-24(19)30-22(15)27)23(34)29-17-12-33(31-35-17)32-9-2-1-3-10-32/h4-8,12H,1-3,9-10H2,(H5-,26,27,28,29,30,31,34). The zero-order chi connectivity index (χ0) is 24.8. The zero-order valence-corrected chi connectivity index (χ0v) is 19.9. The van der Waals surface area contributed by atoms with Crippen molar-refractivity contribution in [2.75, 3.05) is 29.6 Å². The summed E-state index contributed by atoms with van der Waals surface area (Å²) in [6, 6.07) is 9.78. The van der Waals surface area contributed by atoms with Gasteiger partial charge in [-0.15, -0.1) is 11.3 Å². The molecule has 0 unspecified atom stereocenters.